The van der Waals surface area contributed by atoms with Gasteiger partial charge >= 0.3 is 0 Å². The summed E-state index contributed by atoms with van der Waals surface area (Å²) in [5.41, 5.74) is 3.55. The number of H-pyrrole nitrogens is 1. The normalized spacial score (nSPS) is 10.7. The molecule has 4 rings (SSSR count). The number of aromatic nitrogens is 5. The SMILES string of the molecule is O=C(NCc1ccccc1-n1cncn1)c1cc(-c2ccc(O)cc2)n[nH]1. The lowest BCUT2D eigenvalue weighted by Crippen LogP contribution is -2.24. The van der Waals surface area contributed by atoms with E-state index in [1.807, 2.05) is 24.3 Å². The number of phenols is 1. The van der Waals surface area contributed by atoms with Gasteiger partial charge in [0.25, 0.3) is 5.91 Å². The third kappa shape index (κ3) is 3.54. The molecular formula is C19H16N6O2. The summed E-state index contributed by atoms with van der Waals surface area (Å²) in [4.78, 5) is 16.4. The van der Waals surface area contributed by atoms with Crippen molar-refractivity contribution in [2.75, 3.05) is 0 Å². The molecule has 0 radical (unpaired) electrons. The highest BCUT2D eigenvalue weighted by molar-refractivity contribution is 5.93. The van der Waals surface area contributed by atoms with Crippen LogP contribution in [-0.4, -0.2) is 36.0 Å². The molecule has 2 aromatic carbocycles. The number of aromatic amines is 1. The van der Waals surface area contributed by atoms with Crippen LogP contribution < -0.4 is 5.32 Å². The predicted octanol–water partition coefficient (Wildman–Crippen LogP) is 2.29. The fourth-order valence-corrected chi connectivity index (χ4v) is 2.71. The third-order valence-corrected chi connectivity index (χ3v) is 4.08. The number of hydrogen-bond acceptors (Lipinski definition) is 5. The maximum absolute atomic E-state index is 12.5. The summed E-state index contributed by atoms with van der Waals surface area (Å²) < 4.78 is 1.65. The molecule has 0 aliphatic carbocycles. The zero-order chi connectivity index (χ0) is 18.6. The Hall–Kier alpha value is -3.94. The maximum Gasteiger partial charge on any atom is 0.269 e. The molecule has 0 saturated carbocycles. The Morgan fingerprint density at radius 3 is 2.74 bits per heavy atom. The molecule has 1 amide bonds. The smallest absolute Gasteiger partial charge is 0.269 e. The molecule has 0 atom stereocenters. The van der Waals surface area contributed by atoms with Crippen LogP contribution in [0.1, 0.15) is 16.1 Å². The van der Waals surface area contributed by atoms with E-state index < -0.39 is 0 Å². The minimum Gasteiger partial charge on any atom is -0.508 e. The predicted molar refractivity (Wildman–Crippen MR) is 98.2 cm³/mol. The summed E-state index contributed by atoms with van der Waals surface area (Å²) in [5.74, 6) is -0.0841. The van der Waals surface area contributed by atoms with E-state index in [9.17, 15) is 9.90 Å². The fraction of sp³-hybridized carbons (Fsp3) is 0.0526. The van der Waals surface area contributed by atoms with Crippen LogP contribution in [-0.2, 0) is 6.54 Å². The van der Waals surface area contributed by atoms with Gasteiger partial charge < -0.3 is 10.4 Å². The highest BCUT2D eigenvalue weighted by atomic mass is 16.3. The summed E-state index contributed by atoms with van der Waals surface area (Å²) in [6, 6.07) is 15.9. The number of para-hydroxylation sites is 1. The molecule has 0 aliphatic heterocycles. The van der Waals surface area contributed by atoms with E-state index >= 15 is 0 Å². The lowest BCUT2D eigenvalue weighted by molar-refractivity contribution is 0.0946. The second-order valence-corrected chi connectivity index (χ2v) is 5.87. The van der Waals surface area contributed by atoms with Crippen LogP contribution in [0.4, 0.5) is 0 Å². The molecule has 134 valence electrons. The van der Waals surface area contributed by atoms with Gasteiger partial charge in [-0.1, -0.05) is 18.2 Å². The summed E-state index contributed by atoms with van der Waals surface area (Å²) in [7, 11) is 0. The number of nitrogens with one attached hydrogen (secondary N) is 2. The molecule has 0 aliphatic rings. The number of hydrogen-bond donors (Lipinski definition) is 3. The number of nitrogens with zero attached hydrogens (tertiary/aromatic N) is 4. The monoisotopic (exact) mass is 360 g/mol. The van der Waals surface area contributed by atoms with Gasteiger partial charge in [0.05, 0.1) is 11.4 Å². The van der Waals surface area contributed by atoms with Crippen LogP contribution in [0.5, 0.6) is 5.75 Å². The van der Waals surface area contributed by atoms with Crippen molar-refractivity contribution in [2.24, 2.45) is 0 Å². The molecule has 0 spiro atoms. The van der Waals surface area contributed by atoms with E-state index in [1.165, 1.54) is 6.33 Å². The number of rotatable bonds is 5. The van der Waals surface area contributed by atoms with Gasteiger partial charge in [0, 0.05) is 12.1 Å². The van der Waals surface area contributed by atoms with Gasteiger partial charge in [-0.3, -0.25) is 9.89 Å². The lowest BCUT2D eigenvalue weighted by atomic mass is 10.1. The van der Waals surface area contributed by atoms with Crippen LogP contribution in [0, 0.1) is 0 Å². The molecule has 0 unspecified atom stereocenters. The molecule has 0 bridgehead atoms. The van der Waals surface area contributed by atoms with Crippen LogP contribution in [0.15, 0.2) is 67.3 Å². The quantitative estimate of drug-likeness (QED) is 0.506. The van der Waals surface area contributed by atoms with Gasteiger partial charge in [-0.05, 0) is 42.0 Å². The molecule has 0 saturated heterocycles. The van der Waals surface area contributed by atoms with Crippen LogP contribution >= 0.6 is 0 Å². The second-order valence-electron chi connectivity index (χ2n) is 5.87. The highest BCUT2D eigenvalue weighted by Crippen LogP contribution is 2.20. The Bertz CT molecular complexity index is 1050. The molecule has 2 aromatic heterocycles. The Morgan fingerprint density at radius 2 is 1.96 bits per heavy atom. The largest absolute Gasteiger partial charge is 0.508 e. The van der Waals surface area contributed by atoms with E-state index in [-0.39, 0.29) is 11.7 Å². The minimum atomic E-state index is -0.263. The molecule has 0 fully saturated rings. The van der Waals surface area contributed by atoms with Crippen molar-refractivity contribution in [1.82, 2.24) is 30.3 Å². The number of carbonyl (C=O) groups is 1. The van der Waals surface area contributed by atoms with E-state index in [4.69, 9.17) is 0 Å². The van der Waals surface area contributed by atoms with Crippen molar-refractivity contribution in [3.8, 4) is 22.7 Å². The van der Waals surface area contributed by atoms with E-state index in [2.05, 4.69) is 25.6 Å². The Morgan fingerprint density at radius 1 is 1.15 bits per heavy atom. The zero-order valence-corrected chi connectivity index (χ0v) is 14.2. The zero-order valence-electron chi connectivity index (χ0n) is 14.2. The van der Waals surface area contributed by atoms with Crippen LogP contribution in [0.3, 0.4) is 0 Å². The van der Waals surface area contributed by atoms with Gasteiger partial charge in [-0.25, -0.2) is 9.67 Å². The van der Waals surface area contributed by atoms with Crippen molar-refractivity contribution < 1.29 is 9.90 Å². The topological polar surface area (TPSA) is 109 Å². The number of benzene rings is 2. The molecule has 2 heterocycles. The van der Waals surface area contributed by atoms with Crippen molar-refractivity contribution >= 4 is 5.91 Å². The molecule has 27 heavy (non-hydrogen) atoms. The molecule has 3 N–H and O–H groups in total. The van der Waals surface area contributed by atoms with Crippen molar-refractivity contribution in [1.29, 1.82) is 0 Å². The summed E-state index contributed by atoms with van der Waals surface area (Å²) in [6.45, 7) is 0.336. The number of phenolic OH excluding ortho intramolecular Hbond substituents is 1. The van der Waals surface area contributed by atoms with Gasteiger partial charge in [-0.15, -0.1) is 0 Å². The first-order chi connectivity index (χ1) is 13.2. The standard InChI is InChI=1S/C19H16N6O2/c26-15-7-5-13(6-8-15)16-9-17(24-23-16)19(27)21-10-14-3-1-2-4-18(14)25-12-20-11-22-25/h1-9,11-12,26H,10H2,(H,21,27)(H,23,24). The number of aromatic hydroxyl groups is 1. The van der Waals surface area contributed by atoms with Gasteiger partial charge in [0.15, 0.2) is 0 Å². The summed E-state index contributed by atoms with van der Waals surface area (Å²) in [5, 5.41) is 23.3. The molecule has 8 nitrogen and oxygen atoms in total. The minimum absolute atomic E-state index is 0.179. The van der Waals surface area contributed by atoms with Gasteiger partial charge in [-0.2, -0.15) is 10.2 Å². The van der Waals surface area contributed by atoms with E-state index in [1.54, 1.807) is 41.3 Å². The second kappa shape index (κ2) is 7.12. The third-order valence-electron chi connectivity index (χ3n) is 4.08. The van der Waals surface area contributed by atoms with Crippen LogP contribution in [0.2, 0.25) is 0 Å². The molecule has 8 heteroatoms. The Kier molecular flexibility index (Phi) is 4.36. The lowest BCUT2D eigenvalue weighted by Gasteiger charge is -2.09. The Balaban J connectivity index is 1.47. The van der Waals surface area contributed by atoms with E-state index in [0.717, 1.165) is 16.8 Å². The van der Waals surface area contributed by atoms with Crippen molar-refractivity contribution in [2.45, 2.75) is 6.54 Å². The average molecular weight is 360 g/mol. The van der Waals surface area contributed by atoms with Gasteiger partial charge in [0.1, 0.15) is 24.1 Å². The first-order valence-electron chi connectivity index (χ1n) is 8.26. The maximum atomic E-state index is 12.5. The number of carbonyl (C=O) groups excluding carboxylic acids is 1. The molecule has 4 aromatic rings. The van der Waals surface area contributed by atoms with E-state index in [0.29, 0.717) is 17.9 Å². The first-order valence-corrected chi connectivity index (χ1v) is 8.26. The van der Waals surface area contributed by atoms with Crippen molar-refractivity contribution in [3.05, 3.63) is 78.5 Å². The van der Waals surface area contributed by atoms with Gasteiger partial charge in [0.2, 0.25) is 0 Å². The molecular weight excluding hydrogens is 344 g/mol. The fourth-order valence-electron chi connectivity index (χ4n) is 2.71. The highest BCUT2D eigenvalue weighted by Gasteiger charge is 2.12. The van der Waals surface area contributed by atoms with Crippen LogP contribution in [0.25, 0.3) is 16.9 Å². The summed E-state index contributed by atoms with van der Waals surface area (Å²) >= 11 is 0. The average Bonchev–Trinajstić information content (AvgIpc) is 3.39. The summed E-state index contributed by atoms with van der Waals surface area (Å²) in [6.07, 6.45) is 3.07. The first kappa shape index (κ1) is 16.5. The van der Waals surface area contributed by atoms with Crippen molar-refractivity contribution in [3.63, 3.8) is 0 Å². The number of amides is 1. The Labute approximate surface area is 154 Å².